The maximum Gasteiger partial charge on any atom is 0.228 e. The monoisotopic (exact) mass is 293 g/mol. The van der Waals surface area contributed by atoms with Gasteiger partial charge in [0.05, 0.1) is 0 Å². The first-order valence-electron chi connectivity index (χ1n) is 6.97. The molecule has 0 aliphatic carbocycles. The molecular weight excluding hydrogens is 274 g/mol. The minimum Gasteiger partial charge on any atom is -0.339 e. The third-order valence-electron chi connectivity index (χ3n) is 3.04. The zero-order valence-corrected chi connectivity index (χ0v) is 12.7. The zero-order chi connectivity index (χ0) is 14.4. The fraction of sp³-hybridized carbons (Fsp3) is 0.467. The van der Waals surface area contributed by atoms with Crippen molar-refractivity contribution >= 4 is 11.6 Å². The molecule has 0 spiro atoms. The summed E-state index contributed by atoms with van der Waals surface area (Å²) in [5.74, 6) is 1.35. The summed E-state index contributed by atoms with van der Waals surface area (Å²) >= 11 is 6.13. The Morgan fingerprint density at radius 1 is 1.35 bits per heavy atom. The van der Waals surface area contributed by atoms with Crippen molar-refractivity contribution in [2.75, 3.05) is 6.54 Å². The van der Waals surface area contributed by atoms with Gasteiger partial charge in [-0.15, -0.1) is 0 Å². The molecule has 0 fully saturated rings. The van der Waals surface area contributed by atoms with Crippen molar-refractivity contribution in [3.8, 4) is 0 Å². The Hall–Kier alpha value is -1.39. The third-order valence-corrected chi connectivity index (χ3v) is 3.41. The highest BCUT2D eigenvalue weighted by molar-refractivity contribution is 6.31. The molecule has 20 heavy (non-hydrogen) atoms. The average molecular weight is 294 g/mol. The van der Waals surface area contributed by atoms with E-state index in [9.17, 15) is 0 Å². The molecule has 0 radical (unpaired) electrons. The van der Waals surface area contributed by atoms with Gasteiger partial charge in [0, 0.05) is 23.9 Å². The molecule has 108 valence electrons. The van der Waals surface area contributed by atoms with E-state index in [1.807, 2.05) is 24.3 Å². The van der Waals surface area contributed by atoms with Gasteiger partial charge in [0.2, 0.25) is 5.89 Å². The predicted octanol–water partition coefficient (Wildman–Crippen LogP) is 3.24. The molecule has 0 saturated heterocycles. The molecule has 1 heterocycles. The SMILES string of the molecule is CCCNC(C)Cc1nc(Cc2ccccc2Cl)no1. The van der Waals surface area contributed by atoms with Crippen LogP contribution in [-0.2, 0) is 12.8 Å². The van der Waals surface area contributed by atoms with Crippen LogP contribution in [0.3, 0.4) is 0 Å². The van der Waals surface area contributed by atoms with Gasteiger partial charge in [0.1, 0.15) is 0 Å². The number of hydrogen-bond donors (Lipinski definition) is 1. The molecule has 0 aliphatic heterocycles. The second-order valence-electron chi connectivity index (χ2n) is 4.93. The summed E-state index contributed by atoms with van der Waals surface area (Å²) in [5, 5.41) is 8.15. The van der Waals surface area contributed by atoms with Gasteiger partial charge in [-0.05, 0) is 31.5 Å². The van der Waals surface area contributed by atoms with Crippen molar-refractivity contribution < 1.29 is 4.52 Å². The molecule has 0 amide bonds. The van der Waals surface area contributed by atoms with Crippen LogP contribution in [0, 0.1) is 0 Å². The molecule has 4 nitrogen and oxygen atoms in total. The Morgan fingerprint density at radius 2 is 2.15 bits per heavy atom. The summed E-state index contributed by atoms with van der Waals surface area (Å²) in [6, 6.07) is 8.05. The Labute approximate surface area is 124 Å². The van der Waals surface area contributed by atoms with E-state index in [1.54, 1.807) is 0 Å². The van der Waals surface area contributed by atoms with Gasteiger partial charge in [-0.2, -0.15) is 4.98 Å². The molecule has 5 heteroatoms. The van der Waals surface area contributed by atoms with Gasteiger partial charge < -0.3 is 9.84 Å². The van der Waals surface area contributed by atoms with Gasteiger partial charge >= 0.3 is 0 Å². The minimum absolute atomic E-state index is 0.337. The quantitative estimate of drug-likeness (QED) is 0.851. The zero-order valence-electron chi connectivity index (χ0n) is 11.9. The largest absolute Gasteiger partial charge is 0.339 e. The topological polar surface area (TPSA) is 51.0 Å². The van der Waals surface area contributed by atoms with E-state index in [1.165, 1.54) is 0 Å². The number of nitrogens with zero attached hydrogens (tertiary/aromatic N) is 2. The van der Waals surface area contributed by atoms with Crippen LogP contribution >= 0.6 is 11.6 Å². The Kier molecular flexibility index (Phi) is 5.56. The Morgan fingerprint density at radius 3 is 2.90 bits per heavy atom. The third kappa shape index (κ3) is 4.32. The van der Waals surface area contributed by atoms with Crippen LogP contribution < -0.4 is 5.32 Å². The predicted molar refractivity (Wildman–Crippen MR) is 80.0 cm³/mol. The van der Waals surface area contributed by atoms with E-state index in [0.29, 0.717) is 24.2 Å². The van der Waals surface area contributed by atoms with Crippen molar-refractivity contribution in [1.29, 1.82) is 0 Å². The summed E-state index contributed by atoms with van der Waals surface area (Å²) in [6.45, 7) is 5.27. The minimum atomic E-state index is 0.337. The molecule has 1 aromatic carbocycles. The molecule has 0 aliphatic rings. The molecule has 1 N–H and O–H groups in total. The average Bonchev–Trinajstić information content (AvgIpc) is 2.86. The Balaban J connectivity index is 1.94. The maximum atomic E-state index is 6.13. The highest BCUT2D eigenvalue weighted by Gasteiger charge is 2.11. The molecule has 0 bridgehead atoms. The van der Waals surface area contributed by atoms with Crippen molar-refractivity contribution in [3.63, 3.8) is 0 Å². The standard InChI is InChI=1S/C15H20ClN3O/c1-3-8-17-11(2)9-15-18-14(19-20-15)10-12-6-4-5-7-13(12)16/h4-7,11,17H,3,8-10H2,1-2H3. The van der Waals surface area contributed by atoms with E-state index in [2.05, 4.69) is 29.3 Å². The lowest BCUT2D eigenvalue weighted by Crippen LogP contribution is -2.28. The molecule has 1 aromatic heterocycles. The van der Waals surface area contributed by atoms with Gasteiger partial charge in [0.15, 0.2) is 5.82 Å². The van der Waals surface area contributed by atoms with E-state index in [4.69, 9.17) is 16.1 Å². The van der Waals surface area contributed by atoms with Gasteiger partial charge in [-0.1, -0.05) is 41.9 Å². The van der Waals surface area contributed by atoms with Crippen molar-refractivity contribution in [2.45, 2.75) is 39.2 Å². The second kappa shape index (κ2) is 7.41. The first-order valence-corrected chi connectivity index (χ1v) is 7.35. The summed E-state index contributed by atoms with van der Waals surface area (Å²) in [6.07, 6.45) is 2.46. The highest BCUT2D eigenvalue weighted by atomic mass is 35.5. The molecule has 1 unspecified atom stereocenters. The molecular formula is C15H20ClN3O. The van der Waals surface area contributed by atoms with Crippen LogP contribution in [0.15, 0.2) is 28.8 Å². The summed E-state index contributed by atoms with van der Waals surface area (Å²) in [7, 11) is 0. The van der Waals surface area contributed by atoms with Gasteiger partial charge in [0.25, 0.3) is 0 Å². The Bertz CT molecular complexity index is 541. The summed E-state index contributed by atoms with van der Waals surface area (Å²) in [5.41, 5.74) is 1.01. The van der Waals surface area contributed by atoms with Crippen molar-refractivity contribution in [3.05, 3.63) is 46.6 Å². The van der Waals surface area contributed by atoms with Crippen LogP contribution in [-0.4, -0.2) is 22.7 Å². The lowest BCUT2D eigenvalue weighted by Gasteiger charge is -2.09. The first-order chi connectivity index (χ1) is 9.69. The van der Waals surface area contributed by atoms with Gasteiger partial charge in [-0.25, -0.2) is 0 Å². The van der Waals surface area contributed by atoms with Gasteiger partial charge in [-0.3, -0.25) is 0 Å². The van der Waals surface area contributed by atoms with Crippen molar-refractivity contribution in [1.82, 2.24) is 15.5 Å². The van der Waals surface area contributed by atoms with Crippen LogP contribution in [0.1, 0.15) is 37.5 Å². The molecule has 1 atom stereocenters. The number of nitrogens with one attached hydrogen (secondary N) is 1. The fourth-order valence-corrected chi connectivity index (χ4v) is 2.18. The van der Waals surface area contributed by atoms with Crippen LogP contribution in [0.25, 0.3) is 0 Å². The lowest BCUT2D eigenvalue weighted by molar-refractivity contribution is 0.358. The normalized spacial score (nSPS) is 12.6. The summed E-state index contributed by atoms with van der Waals surface area (Å²) in [4.78, 5) is 4.42. The number of benzene rings is 1. The van der Waals surface area contributed by atoms with Crippen molar-refractivity contribution in [2.24, 2.45) is 0 Å². The first kappa shape index (κ1) is 15.0. The number of rotatable bonds is 7. The van der Waals surface area contributed by atoms with Crippen LogP contribution in [0.2, 0.25) is 5.02 Å². The maximum absolute atomic E-state index is 6.13. The van der Waals surface area contributed by atoms with Crippen LogP contribution in [0.5, 0.6) is 0 Å². The summed E-state index contributed by atoms with van der Waals surface area (Å²) < 4.78 is 5.28. The molecule has 2 aromatic rings. The number of hydrogen-bond acceptors (Lipinski definition) is 4. The van der Waals surface area contributed by atoms with E-state index < -0.39 is 0 Å². The fourth-order valence-electron chi connectivity index (χ4n) is 1.98. The smallest absolute Gasteiger partial charge is 0.228 e. The lowest BCUT2D eigenvalue weighted by atomic mass is 10.1. The number of aromatic nitrogens is 2. The molecule has 0 saturated carbocycles. The number of halogens is 1. The van der Waals surface area contributed by atoms with Crippen LogP contribution in [0.4, 0.5) is 0 Å². The highest BCUT2D eigenvalue weighted by Crippen LogP contribution is 2.17. The second-order valence-corrected chi connectivity index (χ2v) is 5.34. The van der Waals surface area contributed by atoms with E-state index in [-0.39, 0.29) is 0 Å². The van der Waals surface area contributed by atoms with E-state index >= 15 is 0 Å². The van der Waals surface area contributed by atoms with E-state index in [0.717, 1.165) is 30.0 Å². The molecule has 2 rings (SSSR count).